The highest BCUT2D eigenvalue weighted by Gasteiger charge is 2.15. The summed E-state index contributed by atoms with van der Waals surface area (Å²) in [6.45, 7) is 0. The highest BCUT2D eigenvalue weighted by atomic mass is 79.9. The Hall–Kier alpha value is -1.40. The van der Waals surface area contributed by atoms with Crippen molar-refractivity contribution >= 4 is 63.7 Å². The van der Waals surface area contributed by atoms with Crippen molar-refractivity contribution in [3.05, 3.63) is 103 Å². The Morgan fingerprint density at radius 3 is 1.21 bits per heavy atom. The average Bonchev–Trinajstić information content (AvgIpc) is 2.72. The predicted molar refractivity (Wildman–Crippen MR) is 135 cm³/mol. The van der Waals surface area contributed by atoms with Gasteiger partial charge in [0.05, 0.1) is 8.95 Å². The van der Waals surface area contributed by atoms with Crippen LogP contribution < -0.4 is 4.74 Å². The molecule has 0 radical (unpaired) electrons. The third kappa shape index (κ3) is 4.38. The van der Waals surface area contributed by atoms with Crippen molar-refractivity contribution in [1.29, 1.82) is 0 Å². The van der Waals surface area contributed by atoms with Crippen molar-refractivity contribution in [1.82, 2.24) is 0 Å². The number of halogens is 4. The van der Waals surface area contributed by atoms with Crippen LogP contribution in [0.15, 0.2) is 103 Å². The summed E-state index contributed by atoms with van der Waals surface area (Å²) in [7, 11) is 0. The van der Waals surface area contributed by atoms with E-state index in [1.807, 2.05) is 60.7 Å². The minimum absolute atomic E-state index is 0.753. The lowest BCUT2D eigenvalue weighted by Crippen LogP contribution is -1.91. The van der Waals surface area contributed by atoms with Crippen LogP contribution in [-0.2, 0) is 0 Å². The Morgan fingerprint density at radius 1 is 0.414 bits per heavy atom. The lowest BCUT2D eigenvalue weighted by molar-refractivity contribution is 0.477. The first-order valence-electron chi connectivity index (χ1n) is 8.81. The monoisotopic (exact) mass is 634 g/mol. The van der Waals surface area contributed by atoms with E-state index in [-0.39, 0.29) is 0 Å². The molecular formula is C24H14Br4O. The second-order valence-electron chi connectivity index (χ2n) is 6.30. The summed E-state index contributed by atoms with van der Waals surface area (Å²) in [6.07, 6.45) is 0. The van der Waals surface area contributed by atoms with E-state index >= 15 is 0 Å². The van der Waals surface area contributed by atoms with Crippen molar-refractivity contribution in [2.24, 2.45) is 0 Å². The molecule has 29 heavy (non-hydrogen) atoms. The molecule has 0 N–H and O–H groups in total. The molecule has 0 aromatic heterocycles. The van der Waals surface area contributed by atoms with Gasteiger partial charge in [0.15, 0.2) is 0 Å². The molecule has 0 spiro atoms. The van der Waals surface area contributed by atoms with E-state index in [1.54, 1.807) is 0 Å². The summed E-state index contributed by atoms with van der Waals surface area (Å²) in [4.78, 5) is 0. The molecule has 0 aliphatic heterocycles. The summed E-state index contributed by atoms with van der Waals surface area (Å²) >= 11 is 14.8. The van der Waals surface area contributed by atoms with Crippen LogP contribution >= 0.6 is 63.7 Å². The highest BCUT2D eigenvalue weighted by molar-refractivity contribution is 9.11. The van der Waals surface area contributed by atoms with Crippen molar-refractivity contribution in [3.63, 3.8) is 0 Å². The number of hydrogen-bond acceptors (Lipinski definition) is 1. The summed E-state index contributed by atoms with van der Waals surface area (Å²) < 4.78 is 10.2. The molecule has 0 saturated carbocycles. The Bertz CT molecular complexity index is 1090. The first-order chi connectivity index (χ1) is 14.1. The summed E-state index contributed by atoms with van der Waals surface area (Å²) in [5.74, 6) is 1.51. The molecule has 144 valence electrons. The maximum absolute atomic E-state index is 6.32. The zero-order valence-corrected chi connectivity index (χ0v) is 21.3. The lowest BCUT2D eigenvalue weighted by atomic mass is 10.1. The largest absolute Gasteiger partial charge is 0.455 e. The predicted octanol–water partition coefficient (Wildman–Crippen LogP) is 9.86. The van der Waals surface area contributed by atoms with Crippen molar-refractivity contribution in [3.8, 4) is 33.8 Å². The van der Waals surface area contributed by atoms with Crippen LogP contribution in [-0.4, -0.2) is 0 Å². The molecule has 0 aliphatic rings. The zero-order valence-electron chi connectivity index (χ0n) is 15.0. The first kappa shape index (κ1) is 20.9. The molecule has 0 unspecified atom stereocenters. The van der Waals surface area contributed by atoms with Crippen molar-refractivity contribution in [2.45, 2.75) is 0 Å². The number of benzene rings is 4. The van der Waals surface area contributed by atoms with Gasteiger partial charge >= 0.3 is 0 Å². The van der Waals surface area contributed by atoms with Crippen LogP contribution in [0.25, 0.3) is 22.3 Å². The minimum Gasteiger partial charge on any atom is -0.455 e. The number of hydrogen-bond donors (Lipinski definition) is 0. The third-order valence-corrected chi connectivity index (χ3v) is 7.49. The molecule has 0 aliphatic carbocycles. The van der Waals surface area contributed by atoms with Gasteiger partial charge in [-0.05, 0) is 67.3 Å². The fraction of sp³-hybridized carbons (Fsp3) is 0. The van der Waals surface area contributed by atoms with Gasteiger partial charge < -0.3 is 4.74 Å². The van der Waals surface area contributed by atoms with Gasteiger partial charge in [0.1, 0.15) is 11.5 Å². The van der Waals surface area contributed by atoms with Gasteiger partial charge in [-0.1, -0.05) is 92.5 Å². The second-order valence-corrected chi connectivity index (χ2v) is 9.59. The Labute approximate surface area is 203 Å². The number of rotatable bonds is 4. The molecule has 4 aromatic carbocycles. The van der Waals surface area contributed by atoms with Crippen molar-refractivity contribution < 1.29 is 4.74 Å². The fourth-order valence-corrected chi connectivity index (χ4v) is 5.19. The van der Waals surface area contributed by atoms with E-state index in [4.69, 9.17) is 4.74 Å². The molecule has 5 heteroatoms. The van der Waals surface area contributed by atoms with Crippen LogP contribution in [0.1, 0.15) is 0 Å². The van der Waals surface area contributed by atoms with E-state index in [0.29, 0.717) is 0 Å². The molecule has 0 saturated heterocycles. The molecule has 0 amide bonds. The van der Waals surface area contributed by atoms with Crippen LogP contribution in [0.5, 0.6) is 11.5 Å². The van der Waals surface area contributed by atoms with E-state index in [0.717, 1.165) is 51.6 Å². The van der Waals surface area contributed by atoms with E-state index < -0.39 is 0 Å². The Morgan fingerprint density at radius 2 is 0.793 bits per heavy atom. The van der Waals surface area contributed by atoms with Crippen LogP contribution in [0.2, 0.25) is 0 Å². The topological polar surface area (TPSA) is 9.23 Å². The van der Waals surface area contributed by atoms with Gasteiger partial charge in [-0.3, -0.25) is 0 Å². The normalized spacial score (nSPS) is 10.8. The van der Waals surface area contributed by atoms with Gasteiger partial charge in [-0.15, -0.1) is 0 Å². The van der Waals surface area contributed by atoms with Gasteiger partial charge in [0, 0.05) is 20.1 Å². The van der Waals surface area contributed by atoms with Crippen LogP contribution in [0.4, 0.5) is 0 Å². The van der Waals surface area contributed by atoms with E-state index in [9.17, 15) is 0 Å². The van der Waals surface area contributed by atoms with Gasteiger partial charge in [0.2, 0.25) is 0 Å². The lowest BCUT2D eigenvalue weighted by Gasteiger charge is -2.15. The molecule has 4 aromatic rings. The fourth-order valence-electron chi connectivity index (χ4n) is 3.07. The van der Waals surface area contributed by atoms with E-state index in [1.165, 1.54) is 0 Å². The van der Waals surface area contributed by atoms with E-state index in [2.05, 4.69) is 88.0 Å². The molecule has 0 fully saturated rings. The smallest absolute Gasteiger partial charge is 0.142 e. The van der Waals surface area contributed by atoms with Gasteiger partial charge in [-0.25, -0.2) is 0 Å². The summed E-state index contributed by atoms with van der Waals surface area (Å²) in [6, 6.07) is 28.4. The second kappa shape index (κ2) is 9.17. The summed E-state index contributed by atoms with van der Waals surface area (Å²) in [5, 5.41) is 0. The van der Waals surface area contributed by atoms with Crippen LogP contribution in [0, 0.1) is 0 Å². The molecule has 4 rings (SSSR count). The molecule has 0 bridgehead atoms. The Kier molecular flexibility index (Phi) is 6.60. The first-order valence-corrected chi connectivity index (χ1v) is 12.0. The number of ether oxygens (including phenoxy) is 1. The van der Waals surface area contributed by atoms with Crippen molar-refractivity contribution in [2.75, 3.05) is 0 Å². The molecule has 1 nitrogen and oxygen atoms in total. The van der Waals surface area contributed by atoms with Gasteiger partial charge in [-0.2, -0.15) is 0 Å². The maximum atomic E-state index is 6.32. The minimum atomic E-state index is 0.753. The van der Waals surface area contributed by atoms with Gasteiger partial charge in [0.25, 0.3) is 0 Å². The maximum Gasteiger partial charge on any atom is 0.142 e. The quantitative estimate of drug-likeness (QED) is 0.216. The zero-order chi connectivity index (χ0) is 20.4. The summed E-state index contributed by atoms with van der Waals surface area (Å²) in [5.41, 5.74) is 4.33. The Balaban J connectivity index is 1.75. The molecule has 0 heterocycles. The van der Waals surface area contributed by atoms with Crippen LogP contribution in [0.3, 0.4) is 0 Å². The standard InChI is InChI=1S/C24H14Br4O/c25-19-11-3-1-7-15(19)17-9-5-13-21(23(17)27)29-22-14-6-10-18(24(22)28)16-8-2-4-12-20(16)26/h1-14H. The highest BCUT2D eigenvalue weighted by Crippen LogP contribution is 2.44. The SMILES string of the molecule is Brc1ccccc1-c1cccc(Oc2cccc(-c3ccccc3Br)c2Br)c1Br. The average molecular weight is 638 g/mol. The molecular weight excluding hydrogens is 624 g/mol. The third-order valence-electron chi connectivity index (χ3n) is 4.47. The molecule has 0 atom stereocenters.